The molecule has 0 fully saturated rings. The average Bonchev–Trinajstić information content (AvgIpc) is 2.96. The number of nitrogens with zero attached hydrogens (tertiary/aromatic N) is 3. The zero-order valence-corrected chi connectivity index (χ0v) is 10.8. The van der Waals surface area contributed by atoms with E-state index in [4.69, 9.17) is 0 Å². The number of nitrogens with one attached hydrogen (secondary N) is 1. The molecular weight excluding hydrogens is 260 g/mol. The van der Waals surface area contributed by atoms with Gasteiger partial charge in [-0.25, -0.2) is 4.98 Å². The molecule has 0 aliphatic rings. The Bertz CT molecular complexity index is 539. The topological polar surface area (TPSA) is 93.2 Å². The highest BCUT2D eigenvalue weighted by Gasteiger charge is 2.09. The van der Waals surface area contributed by atoms with Gasteiger partial charge in [0.25, 0.3) is 5.69 Å². The second kappa shape index (κ2) is 6.78. The van der Waals surface area contributed by atoms with E-state index in [0.29, 0.717) is 18.7 Å². The van der Waals surface area contributed by atoms with Crippen LogP contribution in [0.1, 0.15) is 11.7 Å². The van der Waals surface area contributed by atoms with Crippen molar-refractivity contribution in [2.24, 2.45) is 0 Å². The summed E-state index contributed by atoms with van der Waals surface area (Å²) in [5, 5.41) is 23.6. The standard InChI is InChI=1S/C13H16N4O3/c18-13(9-14-5-7-16-8-6-15-10-16)11-1-3-12(4-2-11)17(19)20/h1-4,6,8,10,13-14,18H,5,7,9H2. The van der Waals surface area contributed by atoms with E-state index in [9.17, 15) is 15.2 Å². The molecule has 20 heavy (non-hydrogen) atoms. The van der Waals surface area contributed by atoms with Gasteiger partial charge in [0.1, 0.15) is 0 Å². The lowest BCUT2D eigenvalue weighted by Crippen LogP contribution is -2.25. The molecule has 2 aromatic rings. The van der Waals surface area contributed by atoms with Gasteiger partial charge in [0.2, 0.25) is 0 Å². The zero-order valence-electron chi connectivity index (χ0n) is 10.8. The molecule has 1 aromatic heterocycles. The molecular formula is C13H16N4O3. The fourth-order valence-electron chi connectivity index (χ4n) is 1.80. The second-order valence-electron chi connectivity index (χ2n) is 4.37. The Balaban J connectivity index is 1.76. The van der Waals surface area contributed by atoms with E-state index in [2.05, 4.69) is 10.3 Å². The van der Waals surface area contributed by atoms with Crippen molar-refractivity contribution < 1.29 is 10.0 Å². The molecule has 2 N–H and O–H groups in total. The summed E-state index contributed by atoms with van der Waals surface area (Å²) in [6.45, 7) is 1.87. The molecule has 0 aliphatic heterocycles. The van der Waals surface area contributed by atoms with Crippen molar-refractivity contribution in [3.05, 3.63) is 58.7 Å². The molecule has 106 valence electrons. The molecule has 0 amide bonds. The van der Waals surface area contributed by atoms with Gasteiger partial charge in [0.15, 0.2) is 0 Å². The highest BCUT2D eigenvalue weighted by atomic mass is 16.6. The van der Waals surface area contributed by atoms with Gasteiger partial charge in [-0.15, -0.1) is 0 Å². The molecule has 0 spiro atoms. The van der Waals surface area contributed by atoms with Gasteiger partial charge in [0.05, 0.1) is 17.4 Å². The van der Waals surface area contributed by atoms with Crippen molar-refractivity contribution in [2.45, 2.75) is 12.6 Å². The van der Waals surface area contributed by atoms with Crippen molar-refractivity contribution in [3.8, 4) is 0 Å². The fraction of sp³-hybridized carbons (Fsp3) is 0.308. The van der Waals surface area contributed by atoms with Crippen molar-refractivity contribution in [1.29, 1.82) is 0 Å². The van der Waals surface area contributed by atoms with Gasteiger partial charge in [-0.2, -0.15) is 0 Å². The Morgan fingerprint density at radius 1 is 1.40 bits per heavy atom. The summed E-state index contributed by atoms with van der Waals surface area (Å²) < 4.78 is 1.94. The summed E-state index contributed by atoms with van der Waals surface area (Å²) >= 11 is 0. The van der Waals surface area contributed by atoms with Crippen LogP contribution >= 0.6 is 0 Å². The lowest BCUT2D eigenvalue weighted by Gasteiger charge is -2.12. The van der Waals surface area contributed by atoms with E-state index in [-0.39, 0.29) is 5.69 Å². The quantitative estimate of drug-likeness (QED) is 0.449. The number of nitro groups is 1. The molecule has 1 atom stereocenters. The van der Waals surface area contributed by atoms with E-state index in [1.54, 1.807) is 24.7 Å². The summed E-state index contributed by atoms with van der Waals surface area (Å²) in [6, 6.07) is 5.93. The largest absolute Gasteiger partial charge is 0.387 e. The highest BCUT2D eigenvalue weighted by Crippen LogP contribution is 2.17. The van der Waals surface area contributed by atoms with E-state index < -0.39 is 11.0 Å². The first-order valence-electron chi connectivity index (χ1n) is 6.25. The van der Waals surface area contributed by atoms with Crippen LogP contribution in [0.2, 0.25) is 0 Å². The predicted octanol–water partition coefficient (Wildman–Crippen LogP) is 1.11. The van der Waals surface area contributed by atoms with Crippen LogP contribution in [-0.2, 0) is 6.54 Å². The number of hydrogen-bond acceptors (Lipinski definition) is 5. The first kappa shape index (κ1) is 14.2. The minimum atomic E-state index is -0.682. The molecule has 7 heteroatoms. The number of aliphatic hydroxyl groups excluding tert-OH is 1. The average molecular weight is 276 g/mol. The Labute approximate surface area is 116 Å². The maximum Gasteiger partial charge on any atom is 0.269 e. The Morgan fingerprint density at radius 3 is 2.75 bits per heavy atom. The molecule has 0 aliphatic carbocycles. The van der Waals surface area contributed by atoms with Crippen LogP contribution in [-0.4, -0.2) is 32.7 Å². The third-order valence-corrected chi connectivity index (χ3v) is 2.93. The fourth-order valence-corrected chi connectivity index (χ4v) is 1.80. The number of imidazole rings is 1. The number of nitro benzene ring substituents is 1. The van der Waals surface area contributed by atoms with E-state index in [1.807, 2.05) is 10.8 Å². The predicted molar refractivity (Wildman–Crippen MR) is 73.2 cm³/mol. The lowest BCUT2D eigenvalue weighted by molar-refractivity contribution is -0.384. The molecule has 1 heterocycles. The first-order chi connectivity index (χ1) is 9.66. The summed E-state index contributed by atoms with van der Waals surface area (Å²) in [5.74, 6) is 0. The Hall–Kier alpha value is -2.25. The second-order valence-corrected chi connectivity index (χ2v) is 4.37. The SMILES string of the molecule is O=[N+]([O-])c1ccc(C(O)CNCCn2ccnc2)cc1. The maximum atomic E-state index is 10.5. The maximum absolute atomic E-state index is 10.5. The summed E-state index contributed by atoms with van der Waals surface area (Å²) in [7, 11) is 0. The van der Waals surface area contributed by atoms with E-state index in [0.717, 1.165) is 6.54 Å². The molecule has 0 saturated heterocycles. The normalized spacial score (nSPS) is 12.2. The molecule has 7 nitrogen and oxygen atoms in total. The molecule has 1 aromatic carbocycles. The van der Waals surface area contributed by atoms with Crippen LogP contribution in [0.5, 0.6) is 0 Å². The van der Waals surface area contributed by atoms with Crippen molar-refractivity contribution in [3.63, 3.8) is 0 Å². The van der Waals surface area contributed by atoms with Crippen molar-refractivity contribution in [2.75, 3.05) is 13.1 Å². The van der Waals surface area contributed by atoms with Crippen LogP contribution in [0.15, 0.2) is 43.0 Å². The number of aromatic nitrogens is 2. The van der Waals surface area contributed by atoms with Gasteiger partial charge < -0.3 is 15.0 Å². The lowest BCUT2D eigenvalue weighted by atomic mass is 10.1. The summed E-state index contributed by atoms with van der Waals surface area (Å²) in [6.07, 6.45) is 4.63. The van der Waals surface area contributed by atoms with Gasteiger partial charge in [0, 0.05) is 44.2 Å². The monoisotopic (exact) mass is 276 g/mol. The molecule has 0 radical (unpaired) electrons. The minimum Gasteiger partial charge on any atom is -0.387 e. The van der Waals surface area contributed by atoms with Gasteiger partial charge >= 0.3 is 0 Å². The number of aliphatic hydroxyl groups is 1. The van der Waals surface area contributed by atoms with Gasteiger partial charge in [-0.05, 0) is 17.7 Å². The van der Waals surface area contributed by atoms with Crippen LogP contribution in [0.4, 0.5) is 5.69 Å². The van der Waals surface area contributed by atoms with Crippen LogP contribution in [0.3, 0.4) is 0 Å². The minimum absolute atomic E-state index is 0.0222. The summed E-state index contributed by atoms with van der Waals surface area (Å²) in [4.78, 5) is 14.0. The van der Waals surface area contributed by atoms with Crippen molar-refractivity contribution in [1.82, 2.24) is 14.9 Å². The molecule has 0 bridgehead atoms. The first-order valence-corrected chi connectivity index (χ1v) is 6.25. The smallest absolute Gasteiger partial charge is 0.269 e. The molecule has 1 unspecified atom stereocenters. The van der Waals surface area contributed by atoms with Gasteiger partial charge in [-0.1, -0.05) is 0 Å². The van der Waals surface area contributed by atoms with Crippen molar-refractivity contribution >= 4 is 5.69 Å². The number of benzene rings is 1. The third-order valence-electron chi connectivity index (χ3n) is 2.93. The van der Waals surface area contributed by atoms with E-state index >= 15 is 0 Å². The number of rotatable bonds is 7. The Kier molecular flexibility index (Phi) is 4.80. The summed E-state index contributed by atoms with van der Waals surface area (Å²) in [5.41, 5.74) is 0.680. The van der Waals surface area contributed by atoms with E-state index in [1.165, 1.54) is 12.1 Å². The third kappa shape index (κ3) is 3.87. The number of non-ortho nitro benzene ring substituents is 1. The Morgan fingerprint density at radius 2 is 2.15 bits per heavy atom. The molecule has 2 rings (SSSR count). The number of hydrogen-bond donors (Lipinski definition) is 2. The highest BCUT2D eigenvalue weighted by molar-refractivity contribution is 5.33. The van der Waals surface area contributed by atoms with Crippen LogP contribution in [0.25, 0.3) is 0 Å². The van der Waals surface area contributed by atoms with Crippen LogP contribution in [0, 0.1) is 10.1 Å². The zero-order chi connectivity index (χ0) is 14.4. The van der Waals surface area contributed by atoms with Crippen LogP contribution < -0.4 is 5.32 Å². The van der Waals surface area contributed by atoms with Gasteiger partial charge in [-0.3, -0.25) is 10.1 Å². The molecule has 0 saturated carbocycles.